The fraction of sp³-hybridized carbons (Fsp3) is 0.211. The molecule has 4 heteroatoms. The molecule has 0 radical (unpaired) electrons. The van der Waals surface area contributed by atoms with Crippen LogP contribution in [0.2, 0.25) is 0 Å². The maximum absolute atomic E-state index is 11.9. The third-order valence-corrected chi connectivity index (χ3v) is 3.21. The zero-order valence-electron chi connectivity index (χ0n) is 13.3. The zero-order valence-corrected chi connectivity index (χ0v) is 13.3. The van der Waals surface area contributed by atoms with Gasteiger partial charge in [0.05, 0.1) is 13.7 Å². The molecule has 0 unspecified atom stereocenters. The Bertz CT molecular complexity index is 711. The fourth-order valence-electron chi connectivity index (χ4n) is 1.91. The molecule has 4 nitrogen and oxygen atoms in total. The van der Waals surface area contributed by atoms with E-state index < -0.39 is 0 Å². The summed E-state index contributed by atoms with van der Waals surface area (Å²) in [7, 11) is 1.59. The summed E-state index contributed by atoms with van der Waals surface area (Å²) in [6.45, 7) is 2.56. The Balaban J connectivity index is 1.74. The summed E-state index contributed by atoms with van der Waals surface area (Å²) in [4.78, 5) is 11.9. The second-order valence-electron chi connectivity index (χ2n) is 4.82. The Morgan fingerprint density at radius 3 is 2.52 bits per heavy atom. The lowest BCUT2D eigenvalue weighted by molar-refractivity contribution is 0.0958. The number of carbonyl (C=O) groups is 1. The van der Waals surface area contributed by atoms with Gasteiger partial charge in [-0.05, 0) is 42.8 Å². The first-order valence-electron chi connectivity index (χ1n) is 7.27. The number of para-hydroxylation sites is 1. The van der Waals surface area contributed by atoms with E-state index in [1.807, 2.05) is 31.2 Å². The molecule has 23 heavy (non-hydrogen) atoms. The number of ether oxygens (including phenoxy) is 2. The molecule has 0 fully saturated rings. The monoisotopic (exact) mass is 309 g/mol. The van der Waals surface area contributed by atoms with Crippen molar-refractivity contribution in [2.45, 2.75) is 6.92 Å². The van der Waals surface area contributed by atoms with Gasteiger partial charge in [0.25, 0.3) is 5.91 Å². The quantitative estimate of drug-likeness (QED) is 0.864. The lowest BCUT2D eigenvalue weighted by atomic mass is 10.2. The summed E-state index contributed by atoms with van der Waals surface area (Å²) in [6.07, 6.45) is 0. The van der Waals surface area contributed by atoms with Gasteiger partial charge >= 0.3 is 0 Å². The minimum Gasteiger partial charge on any atom is -0.497 e. The molecule has 2 aromatic rings. The van der Waals surface area contributed by atoms with Gasteiger partial charge in [0, 0.05) is 5.56 Å². The molecule has 1 N–H and O–H groups in total. The number of hydrogen-bond acceptors (Lipinski definition) is 3. The molecule has 0 heterocycles. The molecule has 1 amide bonds. The third-order valence-electron chi connectivity index (χ3n) is 3.21. The van der Waals surface area contributed by atoms with Crippen molar-refractivity contribution in [3.05, 3.63) is 59.7 Å². The molecule has 2 rings (SSSR count). The van der Waals surface area contributed by atoms with Crippen molar-refractivity contribution in [1.82, 2.24) is 5.32 Å². The Morgan fingerprint density at radius 1 is 1.09 bits per heavy atom. The van der Waals surface area contributed by atoms with Crippen molar-refractivity contribution >= 4 is 5.91 Å². The lowest BCUT2D eigenvalue weighted by Gasteiger charge is -2.04. The summed E-state index contributed by atoms with van der Waals surface area (Å²) < 4.78 is 10.6. The first-order chi connectivity index (χ1) is 11.2. The van der Waals surface area contributed by atoms with Crippen LogP contribution in [0.4, 0.5) is 0 Å². The van der Waals surface area contributed by atoms with E-state index in [-0.39, 0.29) is 12.5 Å². The minimum absolute atomic E-state index is 0.165. The molecule has 0 aliphatic heterocycles. The van der Waals surface area contributed by atoms with Crippen LogP contribution in [0.3, 0.4) is 0 Å². The smallest absolute Gasteiger partial charge is 0.252 e. The van der Waals surface area contributed by atoms with Crippen molar-refractivity contribution in [2.75, 3.05) is 20.3 Å². The molecule has 2 aromatic carbocycles. The normalized spacial score (nSPS) is 9.48. The lowest BCUT2D eigenvalue weighted by Crippen LogP contribution is -2.23. The van der Waals surface area contributed by atoms with Gasteiger partial charge in [0.2, 0.25) is 0 Å². The van der Waals surface area contributed by atoms with Gasteiger partial charge in [0.15, 0.2) is 0 Å². The van der Waals surface area contributed by atoms with Crippen LogP contribution in [0.15, 0.2) is 48.5 Å². The topological polar surface area (TPSA) is 47.6 Å². The van der Waals surface area contributed by atoms with E-state index in [1.54, 1.807) is 31.4 Å². The predicted molar refractivity (Wildman–Crippen MR) is 89.8 cm³/mol. The predicted octanol–water partition coefficient (Wildman–Crippen LogP) is 2.82. The van der Waals surface area contributed by atoms with E-state index in [0.29, 0.717) is 12.2 Å². The van der Waals surface area contributed by atoms with Crippen LogP contribution in [0.1, 0.15) is 15.9 Å². The second-order valence-corrected chi connectivity index (χ2v) is 4.82. The molecule has 0 aliphatic carbocycles. The third kappa shape index (κ3) is 5.08. The number of amides is 1. The molecule has 0 aliphatic rings. The highest BCUT2D eigenvalue weighted by molar-refractivity contribution is 5.94. The molecule has 0 saturated carbocycles. The molecule has 0 aromatic heterocycles. The highest BCUT2D eigenvalue weighted by Crippen LogP contribution is 2.15. The van der Waals surface area contributed by atoms with Gasteiger partial charge in [-0.1, -0.05) is 30.0 Å². The van der Waals surface area contributed by atoms with Crippen LogP contribution in [0, 0.1) is 18.8 Å². The van der Waals surface area contributed by atoms with E-state index in [2.05, 4.69) is 17.2 Å². The van der Waals surface area contributed by atoms with Crippen molar-refractivity contribution in [1.29, 1.82) is 0 Å². The Morgan fingerprint density at radius 2 is 1.83 bits per heavy atom. The van der Waals surface area contributed by atoms with E-state index in [1.165, 1.54) is 0 Å². The summed E-state index contributed by atoms with van der Waals surface area (Å²) in [5.74, 6) is 7.12. The van der Waals surface area contributed by atoms with Gasteiger partial charge in [-0.25, -0.2) is 0 Å². The van der Waals surface area contributed by atoms with E-state index >= 15 is 0 Å². The maximum Gasteiger partial charge on any atom is 0.252 e. The van der Waals surface area contributed by atoms with Crippen LogP contribution in [-0.4, -0.2) is 26.2 Å². The Kier molecular flexibility index (Phi) is 6.07. The number of hydrogen-bond donors (Lipinski definition) is 1. The Hall–Kier alpha value is -2.93. The molecule has 118 valence electrons. The van der Waals surface area contributed by atoms with E-state index in [9.17, 15) is 4.79 Å². The van der Waals surface area contributed by atoms with Crippen LogP contribution in [0.5, 0.6) is 11.5 Å². The second kappa shape index (κ2) is 8.50. The van der Waals surface area contributed by atoms with Gasteiger partial charge in [-0.3, -0.25) is 4.79 Å². The molecule has 0 spiro atoms. The Labute approximate surface area is 136 Å². The SMILES string of the molecule is COc1ccc(C(=O)NCC#CCOc2ccccc2C)cc1. The number of aryl methyl sites for hydroxylation is 1. The van der Waals surface area contributed by atoms with Crippen LogP contribution in [-0.2, 0) is 0 Å². The summed E-state index contributed by atoms with van der Waals surface area (Å²) in [5, 5.41) is 2.74. The van der Waals surface area contributed by atoms with Gasteiger partial charge in [-0.2, -0.15) is 0 Å². The molecule has 0 saturated heterocycles. The number of rotatable bonds is 5. The summed E-state index contributed by atoms with van der Waals surface area (Å²) >= 11 is 0. The van der Waals surface area contributed by atoms with Crippen molar-refractivity contribution < 1.29 is 14.3 Å². The number of carbonyl (C=O) groups excluding carboxylic acids is 1. The number of benzene rings is 2. The molecular formula is C19H19NO3. The minimum atomic E-state index is -0.165. The van der Waals surface area contributed by atoms with Gasteiger partial charge < -0.3 is 14.8 Å². The summed E-state index contributed by atoms with van der Waals surface area (Å²) in [5.41, 5.74) is 1.64. The first-order valence-corrected chi connectivity index (χ1v) is 7.27. The highest BCUT2D eigenvalue weighted by atomic mass is 16.5. The number of nitrogens with one attached hydrogen (secondary N) is 1. The first kappa shape index (κ1) is 16.4. The molecular weight excluding hydrogens is 290 g/mol. The largest absolute Gasteiger partial charge is 0.497 e. The van der Waals surface area contributed by atoms with Crippen LogP contribution in [0.25, 0.3) is 0 Å². The van der Waals surface area contributed by atoms with Crippen LogP contribution >= 0.6 is 0 Å². The highest BCUT2D eigenvalue weighted by Gasteiger charge is 2.03. The van der Waals surface area contributed by atoms with E-state index in [4.69, 9.17) is 9.47 Å². The average Bonchev–Trinajstić information content (AvgIpc) is 2.59. The summed E-state index contributed by atoms with van der Waals surface area (Å²) in [6, 6.07) is 14.7. The zero-order chi connectivity index (χ0) is 16.5. The average molecular weight is 309 g/mol. The van der Waals surface area contributed by atoms with Crippen molar-refractivity contribution in [2.24, 2.45) is 0 Å². The number of methoxy groups -OCH3 is 1. The van der Waals surface area contributed by atoms with E-state index in [0.717, 1.165) is 17.1 Å². The van der Waals surface area contributed by atoms with Crippen LogP contribution < -0.4 is 14.8 Å². The molecule has 0 bridgehead atoms. The van der Waals surface area contributed by atoms with Crippen molar-refractivity contribution in [3.63, 3.8) is 0 Å². The standard InChI is InChI=1S/C19H19NO3/c1-15-7-3-4-8-18(15)23-14-6-5-13-20-19(21)16-9-11-17(22-2)12-10-16/h3-4,7-12H,13-14H2,1-2H3,(H,20,21). The fourth-order valence-corrected chi connectivity index (χ4v) is 1.91. The molecule has 0 atom stereocenters. The van der Waals surface area contributed by atoms with Crippen molar-refractivity contribution in [3.8, 4) is 23.3 Å². The maximum atomic E-state index is 11.9. The van der Waals surface area contributed by atoms with Gasteiger partial charge in [-0.15, -0.1) is 0 Å². The van der Waals surface area contributed by atoms with Gasteiger partial charge in [0.1, 0.15) is 18.1 Å².